The van der Waals surface area contributed by atoms with Crippen molar-refractivity contribution in [2.45, 2.75) is 69.7 Å². The van der Waals surface area contributed by atoms with Crippen LogP contribution in [0.2, 0.25) is 10.8 Å². The van der Waals surface area contributed by atoms with Crippen molar-refractivity contribution < 1.29 is 23.9 Å². The van der Waals surface area contributed by atoms with Gasteiger partial charge in [-0.1, -0.05) is 11.6 Å². The molecule has 2 N–H and O–H groups in total. The van der Waals surface area contributed by atoms with Gasteiger partial charge in [-0.2, -0.15) is 0 Å². The number of aliphatic hydroxyl groups is 1. The lowest BCUT2D eigenvalue weighted by Crippen LogP contribution is -2.60. The maximum atomic E-state index is 13.0. The summed E-state index contributed by atoms with van der Waals surface area (Å²) in [5.41, 5.74) is -0.196. The van der Waals surface area contributed by atoms with E-state index in [4.69, 9.17) is 25.6 Å². The molecule has 6 rings (SSSR count). The first-order chi connectivity index (χ1) is 18.4. The Morgan fingerprint density at radius 3 is 2.41 bits per heavy atom. The van der Waals surface area contributed by atoms with E-state index in [1.807, 2.05) is 39.8 Å². The summed E-state index contributed by atoms with van der Waals surface area (Å²) in [7, 11) is -0.368. The van der Waals surface area contributed by atoms with Crippen LogP contribution in [0.1, 0.15) is 41.0 Å². The number of nitrogens with zero attached hydrogens (tertiary/aromatic N) is 3. The minimum atomic E-state index is -0.475. The van der Waals surface area contributed by atoms with Crippen molar-refractivity contribution in [2.75, 3.05) is 49.6 Å². The summed E-state index contributed by atoms with van der Waals surface area (Å²) in [6.45, 7) is 14.3. The van der Waals surface area contributed by atoms with E-state index in [1.165, 1.54) is 0 Å². The summed E-state index contributed by atoms with van der Waals surface area (Å²) in [5, 5.41) is 16.0. The summed E-state index contributed by atoms with van der Waals surface area (Å²) in [6.07, 6.45) is 2.01. The molecule has 4 fully saturated rings. The Bertz CT molecular complexity index is 1270. The second-order valence-corrected chi connectivity index (χ2v) is 13.1. The summed E-state index contributed by atoms with van der Waals surface area (Å²) in [5.74, 6) is 0.362. The molecule has 4 aliphatic rings. The molecule has 1 saturated carbocycles. The van der Waals surface area contributed by atoms with Crippen LogP contribution in [0.15, 0.2) is 24.4 Å². The van der Waals surface area contributed by atoms with Crippen LogP contribution in [0.5, 0.6) is 0 Å². The summed E-state index contributed by atoms with van der Waals surface area (Å²) in [4.78, 5) is 22.1. The van der Waals surface area contributed by atoms with Crippen molar-refractivity contribution in [1.82, 2.24) is 9.88 Å². The topological polar surface area (TPSA) is 96.4 Å². The van der Waals surface area contributed by atoms with E-state index in [1.54, 1.807) is 6.20 Å². The first-order valence-electron chi connectivity index (χ1n) is 13.9. The van der Waals surface area contributed by atoms with Crippen LogP contribution in [0.4, 0.5) is 11.5 Å². The van der Waals surface area contributed by atoms with E-state index in [9.17, 15) is 9.90 Å². The number of aromatic nitrogens is 1. The highest BCUT2D eigenvalue weighted by molar-refractivity contribution is 6.49. The van der Waals surface area contributed by atoms with E-state index < -0.39 is 17.3 Å². The number of hydrogen-bond acceptors (Lipinski definition) is 8. The van der Waals surface area contributed by atoms with Gasteiger partial charge in [0.25, 0.3) is 0 Å². The lowest BCUT2D eigenvalue weighted by molar-refractivity contribution is -0.117. The number of pyridine rings is 1. The predicted molar refractivity (Wildman–Crippen MR) is 152 cm³/mol. The van der Waals surface area contributed by atoms with Crippen LogP contribution in [0.3, 0.4) is 0 Å². The van der Waals surface area contributed by atoms with Gasteiger partial charge >= 0.3 is 7.12 Å². The summed E-state index contributed by atoms with van der Waals surface area (Å²) in [6, 6.07) is 5.91. The molecule has 0 spiro atoms. The third-order valence-electron chi connectivity index (χ3n) is 9.57. The number of carbonyl (C=O) groups is 1. The van der Waals surface area contributed by atoms with Crippen molar-refractivity contribution in [1.29, 1.82) is 0 Å². The van der Waals surface area contributed by atoms with E-state index in [0.29, 0.717) is 24.1 Å². The average Bonchev–Trinajstić information content (AvgIpc) is 3.56. The molecule has 210 valence electrons. The van der Waals surface area contributed by atoms with Crippen LogP contribution >= 0.6 is 11.6 Å². The van der Waals surface area contributed by atoms with E-state index in [-0.39, 0.29) is 30.3 Å². The SMILES string of the molecule is CC1(N2CCN(c3cc4cc(NC(=O)C5CC5B5OC(C)(C)C(C)(C)O5)ncc4cc3Cl)CC2)COCC1O. The summed E-state index contributed by atoms with van der Waals surface area (Å²) < 4.78 is 17.8. The fourth-order valence-corrected chi connectivity index (χ4v) is 6.27. The van der Waals surface area contributed by atoms with Crippen LogP contribution in [0, 0.1) is 5.92 Å². The molecular weight excluding hydrogens is 519 g/mol. The normalized spacial score (nSPS) is 32.1. The van der Waals surface area contributed by atoms with Gasteiger partial charge in [0, 0.05) is 49.5 Å². The lowest BCUT2D eigenvalue weighted by Gasteiger charge is -2.45. The van der Waals surface area contributed by atoms with Gasteiger partial charge in [0.2, 0.25) is 5.91 Å². The number of rotatable bonds is 5. The molecule has 4 heterocycles. The molecule has 1 aromatic carbocycles. The van der Waals surface area contributed by atoms with Crippen LogP contribution in [0.25, 0.3) is 10.8 Å². The molecular formula is C28H38BClN4O5. The zero-order valence-electron chi connectivity index (χ0n) is 23.4. The molecule has 1 aromatic heterocycles. The number of carbonyl (C=O) groups excluding carboxylic acids is 1. The van der Waals surface area contributed by atoms with Crippen LogP contribution in [-0.2, 0) is 18.8 Å². The number of aliphatic hydroxyl groups excluding tert-OH is 1. The van der Waals surface area contributed by atoms with Crippen molar-refractivity contribution in [3.8, 4) is 0 Å². The number of hydrogen-bond donors (Lipinski definition) is 2. The first-order valence-corrected chi connectivity index (χ1v) is 14.3. The van der Waals surface area contributed by atoms with Gasteiger partial charge in [0.1, 0.15) is 5.82 Å². The van der Waals surface area contributed by atoms with Gasteiger partial charge in [-0.05, 0) is 64.6 Å². The maximum Gasteiger partial charge on any atom is 0.461 e. The molecule has 1 amide bonds. The Morgan fingerprint density at radius 2 is 1.77 bits per heavy atom. The van der Waals surface area contributed by atoms with Crippen LogP contribution in [-0.4, -0.2) is 90.3 Å². The number of halogens is 1. The molecule has 3 saturated heterocycles. The molecule has 1 aliphatic carbocycles. The fraction of sp³-hybridized carbons (Fsp3) is 0.643. The molecule has 4 unspecified atom stereocenters. The monoisotopic (exact) mass is 556 g/mol. The molecule has 39 heavy (non-hydrogen) atoms. The number of amides is 1. The quantitative estimate of drug-likeness (QED) is 0.540. The highest BCUT2D eigenvalue weighted by Crippen LogP contribution is 2.53. The molecule has 0 radical (unpaired) electrons. The van der Waals surface area contributed by atoms with Crippen molar-refractivity contribution >= 4 is 46.9 Å². The summed E-state index contributed by atoms with van der Waals surface area (Å²) >= 11 is 6.71. The van der Waals surface area contributed by atoms with E-state index >= 15 is 0 Å². The Balaban J connectivity index is 1.12. The van der Waals surface area contributed by atoms with E-state index in [2.05, 4.69) is 33.1 Å². The van der Waals surface area contributed by atoms with Gasteiger partial charge in [0.05, 0.1) is 46.8 Å². The molecule has 3 aliphatic heterocycles. The van der Waals surface area contributed by atoms with Gasteiger partial charge in [-0.15, -0.1) is 0 Å². The lowest BCUT2D eigenvalue weighted by atomic mass is 9.80. The fourth-order valence-electron chi connectivity index (χ4n) is 5.98. The number of benzene rings is 1. The highest BCUT2D eigenvalue weighted by Gasteiger charge is 2.61. The largest absolute Gasteiger partial charge is 0.461 e. The number of ether oxygens (including phenoxy) is 1. The van der Waals surface area contributed by atoms with Gasteiger partial charge < -0.3 is 29.4 Å². The van der Waals surface area contributed by atoms with Crippen molar-refractivity contribution in [3.05, 3.63) is 29.4 Å². The average molecular weight is 557 g/mol. The Morgan fingerprint density at radius 1 is 1.08 bits per heavy atom. The zero-order chi connectivity index (χ0) is 27.7. The predicted octanol–water partition coefficient (Wildman–Crippen LogP) is 3.58. The number of piperazine rings is 1. The molecule has 2 aromatic rings. The Kier molecular flexibility index (Phi) is 6.68. The van der Waals surface area contributed by atoms with E-state index in [0.717, 1.165) is 49.1 Å². The molecule has 4 atom stereocenters. The zero-order valence-corrected chi connectivity index (χ0v) is 24.1. The smallest absolute Gasteiger partial charge is 0.403 e. The number of anilines is 2. The van der Waals surface area contributed by atoms with Crippen LogP contribution < -0.4 is 10.2 Å². The standard InChI is InChI=1S/C28H38BClN4O5/c1-26(2)27(3,4)39-29(38-26)20-13-19(20)25(36)32-24-12-17-11-22(21(30)10-18(17)14-31-24)33-6-8-34(9-7-33)28(5)16-37-15-23(28)35/h10-12,14,19-20,23,35H,6-9,13,15-16H2,1-5H3,(H,31,32,36). The van der Waals surface area contributed by atoms with Crippen molar-refractivity contribution in [3.63, 3.8) is 0 Å². The minimum absolute atomic E-state index is 0.0507. The third-order valence-corrected chi connectivity index (χ3v) is 9.87. The van der Waals surface area contributed by atoms with Crippen molar-refractivity contribution in [2.24, 2.45) is 5.92 Å². The molecule has 9 nitrogen and oxygen atoms in total. The first kappa shape index (κ1) is 27.2. The Hall–Kier alpha value is -1.95. The van der Waals surface area contributed by atoms with Gasteiger partial charge in [0.15, 0.2) is 0 Å². The molecule has 11 heteroatoms. The second kappa shape index (κ2) is 9.57. The highest BCUT2D eigenvalue weighted by atomic mass is 35.5. The number of nitrogens with one attached hydrogen (secondary N) is 1. The second-order valence-electron chi connectivity index (χ2n) is 12.7. The minimum Gasteiger partial charge on any atom is -0.403 e. The molecule has 0 bridgehead atoms. The maximum absolute atomic E-state index is 13.0. The third kappa shape index (κ3) is 4.83. The van der Waals surface area contributed by atoms with Gasteiger partial charge in [-0.3, -0.25) is 9.69 Å². The van der Waals surface area contributed by atoms with Gasteiger partial charge in [-0.25, -0.2) is 4.98 Å². The number of fused-ring (bicyclic) bond motifs is 1. The Labute approximate surface area is 235 Å².